The third kappa shape index (κ3) is 2.85. The molecular weight excluding hydrogens is 164 g/mol. The Morgan fingerprint density at radius 2 is 1.75 bits per heavy atom. The van der Waals surface area contributed by atoms with Crippen molar-refractivity contribution in [3.63, 3.8) is 0 Å². The van der Waals surface area contributed by atoms with Gasteiger partial charge in [-0.25, -0.2) is 0 Å². The number of rotatable bonds is 2. The highest BCUT2D eigenvalue weighted by Crippen LogP contribution is 2.27. The number of hydrogen-bond acceptors (Lipinski definition) is 0. The summed E-state index contributed by atoms with van der Waals surface area (Å²) in [6.07, 6.45) is 2.92. The molecule has 0 atom stereocenters. The molecule has 12 heavy (non-hydrogen) atoms. The van der Waals surface area contributed by atoms with Crippen molar-refractivity contribution in [1.82, 2.24) is 0 Å². The highest BCUT2D eigenvalue weighted by Gasteiger charge is 2.28. The van der Waals surface area contributed by atoms with Crippen molar-refractivity contribution in [2.45, 2.75) is 33.6 Å². The largest absolute Gasteiger partial charge is 0.129 e. The zero-order chi connectivity index (χ0) is 9.19. The van der Waals surface area contributed by atoms with E-state index in [4.69, 9.17) is 0 Å². The van der Waals surface area contributed by atoms with E-state index in [-0.39, 0.29) is 0 Å². The lowest BCUT2D eigenvalue weighted by molar-refractivity contribution is 0.508. The lowest BCUT2D eigenvalue weighted by Gasteiger charge is -2.20. The molecule has 0 bridgehead atoms. The molecule has 0 aromatic rings. The Labute approximate surface area is 79.8 Å². The molecule has 0 unspecified atom stereocenters. The van der Waals surface area contributed by atoms with E-state index in [2.05, 4.69) is 27.4 Å². The molecule has 1 aliphatic rings. The Hall–Kier alpha value is 0.0900. The van der Waals surface area contributed by atoms with Gasteiger partial charge in [0.25, 0.3) is 0 Å². The Morgan fingerprint density at radius 1 is 1.25 bits per heavy atom. The van der Waals surface area contributed by atoms with Crippen LogP contribution in [0.15, 0.2) is 12.2 Å². The maximum absolute atomic E-state index is 4.20. The summed E-state index contributed by atoms with van der Waals surface area (Å²) in [5.41, 5.74) is 1.78. The predicted molar refractivity (Wildman–Crippen MR) is 59.8 cm³/mol. The molecule has 0 aromatic carbocycles. The second-order valence-corrected chi connectivity index (χ2v) is 7.06. The van der Waals surface area contributed by atoms with Crippen LogP contribution >= 0.6 is 0 Å². The summed E-state index contributed by atoms with van der Waals surface area (Å²) in [5, 5.41) is 0. The second-order valence-electron chi connectivity index (χ2n) is 4.73. The van der Waals surface area contributed by atoms with Gasteiger partial charge in [-0.3, -0.25) is 0 Å². The van der Waals surface area contributed by atoms with Gasteiger partial charge in [-0.15, -0.1) is 0 Å². The first-order valence-corrected chi connectivity index (χ1v) is 6.56. The third-order valence-electron chi connectivity index (χ3n) is 2.56. The van der Waals surface area contributed by atoms with E-state index in [1.54, 1.807) is 0 Å². The van der Waals surface area contributed by atoms with Crippen molar-refractivity contribution in [2.75, 3.05) is 17.3 Å². The van der Waals surface area contributed by atoms with Crippen LogP contribution < -0.4 is 0 Å². The SMILES string of the molecule is C=C(C[S+]1CCCC1)C(C)(C)C. The van der Waals surface area contributed by atoms with E-state index in [1.807, 2.05) is 0 Å². The Morgan fingerprint density at radius 3 is 2.17 bits per heavy atom. The first-order valence-electron chi connectivity index (χ1n) is 4.82. The molecule has 1 heteroatoms. The van der Waals surface area contributed by atoms with Crippen molar-refractivity contribution >= 4 is 10.9 Å². The lowest BCUT2D eigenvalue weighted by Crippen LogP contribution is -2.19. The van der Waals surface area contributed by atoms with Gasteiger partial charge in [0.05, 0.1) is 0 Å². The zero-order valence-corrected chi connectivity index (χ0v) is 9.47. The molecule has 0 N–H and O–H groups in total. The highest BCUT2D eigenvalue weighted by atomic mass is 32.2. The van der Waals surface area contributed by atoms with E-state index in [0.29, 0.717) is 16.3 Å². The molecule has 70 valence electrons. The van der Waals surface area contributed by atoms with Crippen molar-refractivity contribution in [2.24, 2.45) is 5.41 Å². The van der Waals surface area contributed by atoms with Crippen molar-refractivity contribution < 1.29 is 0 Å². The van der Waals surface area contributed by atoms with E-state index in [1.165, 1.54) is 35.7 Å². The first-order chi connectivity index (χ1) is 5.50. The van der Waals surface area contributed by atoms with Gasteiger partial charge >= 0.3 is 0 Å². The highest BCUT2D eigenvalue weighted by molar-refractivity contribution is 7.97. The fraction of sp³-hybridized carbons (Fsp3) is 0.818. The standard InChI is InChI=1S/C11H21S/c1-10(11(2,3)4)9-12-7-5-6-8-12/h1,5-9H2,2-4H3/q+1. The molecule has 0 spiro atoms. The molecule has 0 saturated carbocycles. The summed E-state index contributed by atoms with van der Waals surface area (Å²) in [7, 11) is 0.697. The zero-order valence-electron chi connectivity index (χ0n) is 8.65. The Kier molecular flexibility index (Phi) is 3.28. The van der Waals surface area contributed by atoms with E-state index in [9.17, 15) is 0 Å². The molecular formula is C11H21S+. The van der Waals surface area contributed by atoms with E-state index >= 15 is 0 Å². The Balaban J connectivity index is 2.35. The molecule has 1 saturated heterocycles. The van der Waals surface area contributed by atoms with Gasteiger partial charge < -0.3 is 0 Å². The van der Waals surface area contributed by atoms with E-state index < -0.39 is 0 Å². The molecule has 1 fully saturated rings. The lowest BCUT2D eigenvalue weighted by atomic mass is 9.89. The van der Waals surface area contributed by atoms with E-state index in [0.717, 1.165) is 0 Å². The summed E-state index contributed by atoms with van der Waals surface area (Å²) in [5.74, 6) is 4.23. The third-order valence-corrected chi connectivity index (χ3v) is 5.04. The Bertz CT molecular complexity index is 158. The number of hydrogen-bond donors (Lipinski definition) is 0. The monoisotopic (exact) mass is 185 g/mol. The maximum Gasteiger partial charge on any atom is 0.129 e. The minimum atomic E-state index is 0.329. The second kappa shape index (κ2) is 3.87. The normalized spacial score (nSPS) is 19.9. The smallest absolute Gasteiger partial charge is 0.0947 e. The minimum Gasteiger partial charge on any atom is -0.0947 e. The van der Waals surface area contributed by atoms with Gasteiger partial charge in [0.1, 0.15) is 17.3 Å². The molecule has 0 amide bonds. The first kappa shape index (κ1) is 10.2. The van der Waals surface area contributed by atoms with Crippen LogP contribution in [0.25, 0.3) is 0 Å². The maximum atomic E-state index is 4.20. The molecule has 1 rings (SSSR count). The van der Waals surface area contributed by atoms with Crippen LogP contribution in [-0.4, -0.2) is 17.3 Å². The summed E-state index contributed by atoms with van der Waals surface area (Å²) in [4.78, 5) is 0. The molecule has 1 heterocycles. The summed E-state index contributed by atoms with van der Waals surface area (Å²) in [6, 6.07) is 0. The van der Waals surface area contributed by atoms with Crippen molar-refractivity contribution in [3.05, 3.63) is 12.2 Å². The quantitative estimate of drug-likeness (QED) is 0.458. The topological polar surface area (TPSA) is 0 Å². The van der Waals surface area contributed by atoms with Gasteiger partial charge in [-0.2, -0.15) is 0 Å². The summed E-state index contributed by atoms with van der Waals surface area (Å²) < 4.78 is 0. The van der Waals surface area contributed by atoms with Gasteiger partial charge in [0, 0.05) is 0 Å². The van der Waals surface area contributed by atoms with Gasteiger partial charge in [-0.1, -0.05) is 27.4 Å². The average molecular weight is 185 g/mol. The van der Waals surface area contributed by atoms with Crippen molar-refractivity contribution in [1.29, 1.82) is 0 Å². The van der Waals surface area contributed by atoms with Crippen LogP contribution in [0.5, 0.6) is 0 Å². The van der Waals surface area contributed by atoms with Gasteiger partial charge in [0.2, 0.25) is 0 Å². The minimum absolute atomic E-state index is 0.329. The molecule has 0 aliphatic carbocycles. The van der Waals surface area contributed by atoms with Crippen molar-refractivity contribution in [3.8, 4) is 0 Å². The van der Waals surface area contributed by atoms with Gasteiger partial charge in [-0.05, 0) is 34.7 Å². The van der Waals surface area contributed by atoms with Gasteiger partial charge in [0.15, 0.2) is 0 Å². The molecule has 0 radical (unpaired) electrons. The molecule has 1 aliphatic heterocycles. The summed E-state index contributed by atoms with van der Waals surface area (Å²) >= 11 is 0. The van der Waals surface area contributed by atoms with Crippen LogP contribution in [-0.2, 0) is 10.9 Å². The molecule has 0 nitrogen and oxygen atoms in total. The average Bonchev–Trinajstić information content (AvgIpc) is 2.37. The fourth-order valence-electron chi connectivity index (χ4n) is 1.32. The predicted octanol–water partition coefficient (Wildman–Crippen LogP) is 3.00. The van der Waals surface area contributed by atoms with Crippen LogP contribution in [0.4, 0.5) is 0 Å². The van der Waals surface area contributed by atoms with Crippen LogP contribution in [0, 0.1) is 5.41 Å². The van der Waals surface area contributed by atoms with Crippen LogP contribution in [0.3, 0.4) is 0 Å². The molecule has 0 aromatic heterocycles. The fourth-order valence-corrected chi connectivity index (χ4v) is 3.97. The summed E-state index contributed by atoms with van der Waals surface area (Å²) in [6.45, 7) is 11.0. The van der Waals surface area contributed by atoms with Crippen LogP contribution in [0.1, 0.15) is 33.6 Å². The van der Waals surface area contributed by atoms with Crippen LogP contribution in [0.2, 0.25) is 0 Å².